The lowest BCUT2D eigenvalue weighted by Crippen LogP contribution is -2.51. The molecule has 0 N–H and O–H groups in total. The highest BCUT2D eigenvalue weighted by Crippen LogP contribution is 2.18. The summed E-state index contributed by atoms with van der Waals surface area (Å²) in [4.78, 5) is 26.4. The SMILES string of the molecule is Cc1cccc(C(=O)OCC(=O)N2CCN(S(=O)(=O)c3ccccc3)CC2)c1C. The predicted molar refractivity (Wildman–Crippen MR) is 108 cm³/mol. The number of piperazine rings is 1. The van der Waals surface area contributed by atoms with E-state index in [1.807, 2.05) is 19.9 Å². The Morgan fingerprint density at radius 3 is 2.24 bits per heavy atom. The fraction of sp³-hybridized carbons (Fsp3) is 0.333. The van der Waals surface area contributed by atoms with E-state index in [-0.39, 0.29) is 43.6 Å². The molecule has 0 aromatic heterocycles. The third-order valence-corrected chi connectivity index (χ3v) is 7.04. The fourth-order valence-corrected chi connectivity index (χ4v) is 4.63. The van der Waals surface area contributed by atoms with Crippen LogP contribution in [0, 0.1) is 13.8 Å². The van der Waals surface area contributed by atoms with Crippen molar-refractivity contribution in [2.24, 2.45) is 0 Å². The zero-order chi connectivity index (χ0) is 21.0. The first-order valence-electron chi connectivity index (χ1n) is 9.37. The van der Waals surface area contributed by atoms with E-state index in [1.165, 1.54) is 9.21 Å². The molecule has 1 heterocycles. The Kier molecular flexibility index (Phi) is 6.34. The highest BCUT2D eigenvalue weighted by molar-refractivity contribution is 7.89. The Labute approximate surface area is 170 Å². The Morgan fingerprint density at radius 2 is 1.59 bits per heavy atom. The summed E-state index contributed by atoms with van der Waals surface area (Å²) < 4.78 is 31.8. The minimum Gasteiger partial charge on any atom is -0.452 e. The fourth-order valence-electron chi connectivity index (χ4n) is 3.19. The van der Waals surface area contributed by atoms with Crippen molar-refractivity contribution in [1.82, 2.24) is 9.21 Å². The lowest BCUT2D eigenvalue weighted by atomic mass is 10.0. The number of rotatable bonds is 5. The molecule has 29 heavy (non-hydrogen) atoms. The number of ether oxygens (including phenoxy) is 1. The smallest absolute Gasteiger partial charge is 0.338 e. The quantitative estimate of drug-likeness (QED) is 0.696. The number of esters is 1. The number of amides is 1. The van der Waals surface area contributed by atoms with E-state index in [1.54, 1.807) is 42.5 Å². The lowest BCUT2D eigenvalue weighted by molar-refractivity contribution is -0.135. The largest absolute Gasteiger partial charge is 0.452 e. The summed E-state index contributed by atoms with van der Waals surface area (Å²) in [6, 6.07) is 13.6. The maximum Gasteiger partial charge on any atom is 0.338 e. The van der Waals surface area contributed by atoms with Gasteiger partial charge in [0.15, 0.2) is 6.61 Å². The van der Waals surface area contributed by atoms with Crippen LogP contribution in [0.4, 0.5) is 0 Å². The highest BCUT2D eigenvalue weighted by Gasteiger charge is 2.30. The molecule has 7 nitrogen and oxygen atoms in total. The first kappa shape index (κ1) is 21.0. The van der Waals surface area contributed by atoms with Crippen LogP contribution < -0.4 is 0 Å². The van der Waals surface area contributed by atoms with Crippen molar-refractivity contribution in [1.29, 1.82) is 0 Å². The molecule has 0 radical (unpaired) electrons. The molecular formula is C21H24N2O5S. The molecule has 0 aliphatic carbocycles. The van der Waals surface area contributed by atoms with Crippen LogP contribution in [0.5, 0.6) is 0 Å². The van der Waals surface area contributed by atoms with Crippen molar-refractivity contribution in [2.75, 3.05) is 32.8 Å². The highest BCUT2D eigenvalue weighted by atomic mass is 32.2. The molecule has 8 heteroatoms. The molecule has 0 saturated carbocycles. The van der Waals surface area contributed by atoms with Gasteiger partial charge in [0, 0.05) is 26.2 Å². The van der Waals surface area contributed by atoms with E-state index in [9.17, 15) is 18.0 Å². The van der Waals surface area contributed by atoms with Crippen molar-refractivity contribution in [3.63, 3.8) is 0 Å². The molecule has 154 valence electrons. The number of aryl methyl sites for hydroxylation is 1. The topological polar surface area (TPSA) is 84.0 Å². The number of benzene rings is 2. The first-order valence-corrected chi connectivity index (χ1v) is 10.8. The lowest BCUT2D eigenvalue weighted by Gasteiger charge is -2.33. The second kappa shape index (κ2) is 8.75. The number of hydrogen-bond donors (Lipinski definition) is 0. The second-order valence-electron chi connectivity index (χ2n) is 6.92. The van der Waals surface area contributed by atoms with Gasteiger partial charge in [-0.2, -0.15) is 4.31 Å². The Balaban J connectivity index is 1.54. The molecule has 0 unspecified atom stereocenters. The molecule has 1 saturated heterocycles. The van der Waals surface area contributed by atoms with Crippen LogP contribution in [0.1, 0.15) is 21.5 Å². The summed E-state index contributed by atoms with van der Waals surface area (Å²) in [6.07, 6.45) is 0. The monoisotopic (exact) mass is 416 g/mol. The van der Waals surface area contributed by atoms with Gasteiger partial charge in [0.05, 0.1) is 10.5 Å². The average Bonchev–Trinajstić information content (AvgIpc) is 2.74. The van der Waals surface area contributed by atoms with Gasteiger partial charge < -0.3 is 9.64 Å². The van der Waals surface area contributed by atoms with Gasteiger partial charge in [-0.1, -0.05) is 30.3 Å². The molecule has 1 fully saturated rings. The summed E-state index contributed by atoms with van der Waals surface area (Å²) in [5.41, 5.74) is 2.24. The van der Waals surface area contributed by atoms with Crippen LogP contribution in [0.25, 0.3) is 0 Å². The van der Waals surface area contributed by atoms with Crippen LogP contribution >= 0.6 is 0 Å². The molecule has 1 aliphatic rings. The maximum atomic E-state index is 12.6. The van der Waals surface area contributed by atoms with Crippen molar-refractivity contribution < 1.29 is 22.7 Å². The molecule has 2 aromatic carbocycles. The van der Waals surface area contributed by atoms with Crippen LogP contribution in [0.3, 0.4) is 0 Å². The average molecular weight is 416 g/mol. The molecule has 1 aliphatic heterocycles. The van der Waals surface area contributed by atoms with Crippen molar-refractivity contribution in [3.8, 4) is 0 Å². The number of sulfonamides is 1. The predicted octanol–water partition coefficient (Wildman–Crippen LogP) is 1.99. The zero-order valence-electron chi connectivity index (χ0n) is 16.5. The van der Waals surface area contributed by atoms with Gasteiger partial charge in [-0.05, 0) is 43.2 Å². The number of hydrogen-bond acceptors (Lipinski definition) is 5. The molecule has 3 rings (SSSR count). The van der Waals surface area contributed by atoms with Gasteiger partial charge >= 0.3 is 5.97 Å². The van der Waals surface area contributed by atoms with E-state index in [0.29, 0.717) is 5.56 Å². The first-order chi connectivity index (χ1) is 13.8. The van der Waals surface area contributed by atoms with Gasteiger partial charge in [0.1, 0.15) is 0 Å². The maximum absolute atomic E-state index is 12.6. The molecule has 2 aromatic rings. The van der Waals surface area contributed by atoms with E-state index < -0.39 is 16.0 Å². The molecule has 0 bridgehead atoms. The Morgan fingerprint density at radius 1 is 0.931 bits per heavy atom. The van der Waals surface area contributed by atoms with Crippen LogP contribution in [0.2, 0.25) is 0 Å². The van der Waals surface area contributed by atoms with E-state index in [4.69, 9.17) is 4.74 Å². The van der Waals surface area contributed by atoms with Crippen LogP contribution in [-0.2, 0) is 19.6 Å². The van der Waals surface area contributed by atoms with Crippen molar-refractivity contribution >= 4 is 21.9 Å². The van der Waals surface area contributed by atoms with Gasteiger partial charge in [-0.25, -0.2) is 13.2 Å². The van der Waals surface area contributed by atoms with Gasteiger partial charge in [-0.3, -0.25) is 4.79 Å². The normalized spacial score (nSPS) is 15.2. The molecule has 0 atom stereocenters. The zero-order valence-corrected chi connectivity index (χ0v) is 17.3. The Bertz CT molecular complexity index is 997. The molecule has 1 amide bonds. The van der Waals surface area contributed by atoms with Gasteiger partial charge in [-0.15, -0.1) is 0 Å². The van der Waals surface area contributed by atoms with E-state index >= 15 is 0 Å². The minimum atomic E-state index is -3.57. The Hall–Kier alpha value is -2.71. The van der Waals surface area contributed by atoms with Crippen LogP contribution in [-0.4, -0.2) is 62.3 Å². The molecular weight excluding hydrogens is 392 g/mol. The number of carbonyl (C=O) groups is 2. The third-order valence-electron chi connectivity index (χ3n) is 5.12. The summed E-state index contributed by atoms with van der Waals surface area (Å²) in [7, 11) is -3.57. The molecule has 0 spiro atoms. The second-order valence-corrected chi connectivity index (χ2v) is 8.86. The number of nitrogens with zero attached hydrogens (tertiary/aromatic N) is 2. The van der Waals surface area contributed by atoms with Crippen molar-refractivity contribution in [2.45, 2.75) is 18.7 Å². The van der Waals surface area contributed by atoms with Gasteiger partial charge in [0.25, 0.3) is 5.91 Å². The summed E-state index contributed by atoms with van der Waals surface area (Å²) in [5.74, 6) is -0.870. The minimum absolute atomic E-state index is 0.202. The van der Waals surface area contributed by atoms with E-state index in [0.717, 1.165) is 11.1 Å². The standard InChI is InChI=1S/C21H24N2O5S/c1-16-7-6-10-19(17(16)2)21(25)28-15-20(24)22-11-13-23(14-12-22)29(26,27)18-8-4-3-5-9-18/h3-10H,11-15H2,1-2H3. The summed E-state index contributed by atoms with van der Waals surface area (Å²) >= 11 is 0. The van der Waals surface area contributed by atoms with Crippen molar-refractivity contribution in [3.05, 3.63) is 65.2 Å². The van der Waals surface area contributed by atoms with E-state index in [2.05, 4.69) is 0 Å². The number of carbonyl (C=O) groups excluding carboxylic acids is 2. The van der Waals surface area contributed by atoms with Gasteiger partial charge in [0.2, 0.25) is 10.0 Å². The summed E-state index contributed by atoms with van der Waals surface area (Å²) in [6.45, 7) is 4.29. The third kappa shape index (κ3) is 4.65. The van der Waals surface area contributed by atoms with Crippen LogP contribution in [0.15, 0.2) is 53.4 Å². The summed E-state index contributed by atoms with van der Waals surface area (Å²) in [5, 5.41) is 0.